The fourth-order valence-corrected chi connectivity index (χ4v) is 5.59. The number of halogens is 5. The highest BCUT2D eigenvalue weighted by Gasteiger charge is 2.41. The van der Waals surface area contributed by atoms with Gasteiger partial charge in [-0.2, -0.15) is 23.3 Å². The molecule has 4 aromatic heterocycles. The van der Waals surface area contributed by atoms with Crippen LogP contribution in [0, 0.1) is 0 Å². The van der Waals surface area contributed by atoms with Crippen molar-refractivity contribution in [1.29, 1.82) is 0 Å². The smallest absolute Gasteiger partial charge is 0.417 e. The molecule has 0 radical (unpaired) electrons. The third kappa shape index (κ3) is 4.13. The predicted octanol–water partition coefficient (Wildman–Crippen LogP) is 7.64. The highest BCUT2D eigenvalue weighted by Crippen LogP contribution is 2.49. The van der Waals surface area contributed by atoms with E-state index in [1.165, 1.54) is 24.2 Å². The van der Waals surface area contributed by atoms with E-state index in [2.05, 4.69) is 25.1 Å². The molecule has 1 aromatic carbocycles. The number of H-pyrrole nitrogens is 1. The van der Waals surface area contributed by atoms with E-state index in [-0.39, 0.29) is 22.5 Å². The van der Waals surface area contributed by atoms with E-state index < -0.39 is 34.9 Å². The summed E-state index contributed by atoms with van der Waals surface area (Å²) in [5.74, 6) is 0.283. The molecule has 5 aromatic rings. The maximum Gasteiger partial charge on any atom is 0.417 e. The van der Waals surface area contributed by atoms with Crippen LogP contribution in [0.15, 0.2) is 29.7 Å². The second-order valence-electron chi connectivity index (χ2n) is 8.89. The maximum absolute atomic E-state index is 14.3. The molecule has 0 atom stereocenters. The van der Waals surface area contributed by atoms with Gasteiger partial charge in [-0.05, 0) is 39.2 Å². The van der Waals surface area contributed by atoms with Crippen LogP contribution in [0.1, 0.15) is 38.3 Å². The molecular formula is C23H18F5N5OS2. The minimum atomic E-state index is -5.07. The molecule has 4 heterocycles. The number of aromatic nitrogens is 5. The van der Waals surface area contributed by atoms with Crippen LogP contribution in [-0.2, 0) is 6.18 Å². The number of hydrogen-bond acceptors (Lipinski definition) is 7. The molecule has 188 valence electrons. The van der Waals surface area contributed by atoms with E-state index in [1.54, 1.807) is 12.3 Å². The zero-order chi connectivity index (χ0) is 26.0. The molecule has 0 bridgehead atoms. The van der Waals surface area contributed by atoms with Crippen molar-refractivity contribution in [3.63, 3.8) is 0 Å². The summed E-state index contributed by atoms with van der Waals surface area (Å²) >= 11 is 2.40. The van der Waals surface area contributed by atoms with Crippen molar-refractivity contribution in [2.75, 3.05) is 6.26 Å². The van der Waals surface area contributed by atoms with E-state index in [9.17, 15) is 22.0 Å². The summed E-state index contributed by atoms with van der Waals surface area (Å²) in [5, 5.41) is 7.81. The third-order valence-electron chi connectivity index (χ3n) is 5.31. The van der Waals surface area contributed by atoms with Crippen molar-refractivity contribution in [3.8, 4) is 17.1 Å². The van der Waals surface area contributed by atoms with Gasteiger partial charge >= 0.3 is 6.18 Å². The molecule has 0 saturated carbocycles. The quantitative estimate of drug-likeness (QED) is 0.144. The summed E-state index contributed by atoms with van der Waals surface area (Å²) in [6.07, 6.45) is -4.11. The Bertz CT molecular complexity index is 1620. The van der Waals surface area contributed by atoms with E-state index in [1.807, 2.05) is 20.8 Å². The molecule has 5 rings (SSSR count). The number of alkyl halides is 5. The van der Waals surface area contributed by atoms with E-state index in [0.29, 0.717) is 25.5 Å². The normalized spacial score (nSPS) is 12.9. The van der Waals surface area contributed by atoms with Gasteiger partial charge in [0.05, 0.1) is 33.1 Å². The number of nitrogens with zero attached hydrogens (tertiary/aromatic N) is 4. The molecule has 1 N–H and O–H groups in total. The number of benzene rings is 1. The Labute approximate surface area is 209 Å². The Hall–Kier alpha value is -3.06. The largest absolute Gasteiger partial charge is 0.471 e. The van der Waals surface area contributed by atoms with Crippen molar-refractivity contribution < 1.29 is 26.7 Å². The summed E-state index contributed by atoms with van der Waals surface area (Å²) in [5.41, 5.74) is -3.70. The molecular weight excluding hydrogens is 521 g/mol. The fourth-order valence-electron chi connectivity index (χ4n) is 4.02. The summed E-state index contributed by atoms with van der Waals surface area (Å²) in [6, 6.07) is 2.42. The van der Waals surface area contributed by atoms with Crippen LogP contribution in [0.2, 0.25) is 0 Å². The lowest BCUT2D eigenvalue weighted by molar-refractivity contribution is -0.138. The van der Waals surface area contributed by atoms with Crippen molar-refractivity contribution in [2.45, 2.75) is 44.1 Å². The average molecular weight is 540 g/mol. The van der Waals surface area contributed by atoms with Gasteiger partial charge < -0.3 is 4.74 Å². The number of pyridine rings is 1. The van der Waals surface area contributed by atoms with Crippen LogP contribution in [0.25, 0.3) is 42.5 Å². The van der Waals surface area contributed by atoms with Gasteiger partial charge in [0.25, 0.3) is 6.43 Å². The minimum Gasteiger partial charge on any atom is -0.471 e. The van der Waals surface area contributed by atoms with Crippen LogP contribution in [0.5, 0.6) is 5.88 Å². The van der Waals surface area contributed by atoms with Crippen LogP contribution in [0.4, 0.5) is 22.0 Å². The van der Waals surface area contributed by atoms with Gasteiger partial charge in [-0.15, -0.1) is 11.3 Å². The highest BCUT2D eigenvalue weighted by atomic mass is 32.2. The molecule has 0 aliphatic heterocycles. The van der Waals surface area contributed by atoms with E-state index >= 15 is 0 Å². The molecule has 0 unspecified atom stereocenters. The van der Waals surface area contributed by atoms with Gasteiger partial charge in [0, 0.05) is 28.1 Å². The molecule has 0 amide bonds. The molecule has 0 aliphatic rings. The number of hydrogen-bond donors (Lipinski definition) is 1. The highest BCUT2D eigenvalue weighted by molar-refractivity contribution is 7.98. The number of fused-ring (bicyclic) bond motifs is 4. The number of thiophene rings is 1. The first kappa shape index (κ1) is 24.6. The van der Waals surface area contributed by atoms with Crippen LogP contribution in [0.3, 0.4) is 0 Å². The summed E-state index contributed by atoms with van der Waals surface area (Å²) in [6.45, 7) is 5.55. The Morgan fingerprint density at radius 1 is 1.11 bits per heavy atom. The van der Waals surface area contributed by atoms with Gasteiger partial charge in [0.2, 0.25) is 5.88 Å². The molecule has 36 heavy (non-hydrogen) atoms. The van der Waals surface area contributed by atoms with E-state index in [4.69, 9.17) is 4.74 Å². The van der Waals surface area contributed by atoms with Crippen LogP contribution < -0.4 is 4.74 Å². The number of aromatic amines is 1. The molecule has 6 nitrogen and oxygen atoms in total. The van der Waals surface area contributed by atoms with Crippen molar-refractivity contribution in [2.24, 2.45) is 0 Å². The Morgan fingerprint density at radius 3 is 2.50 bits per heavy atom. The van der Waals surface area contributed by atoms with Gasteiger partial charge in [-0.1, -0.05) is 11.8 Å². The average Bonchev–Trinajstić information content (AvgIpc) is 3.40. The Kier molecular flexibility index (Phi) is 5.82. The number of rotatable bonds is 4. The zero-order valence-corrected chi connectivity index (χ0v) is 20.9. The monoisotopic (exact) mass is 539 g/mol. The summed E-state index contributed by atoms with van der Waals surface area (Å²) < 4.78 is 77.1. The van der Waals surface area contributed by atoms with E-state index in [0.717, 1.165) is 17.4 Å². The van der Waals surface area contributed by atoms with Crippen LogP contribution in [-0.4, -0.2) is 37.0 Å². The standard InChI is InChI=1S/C23H18F5N5OS2/c1-22(2,3)34-19-14-9-5-6-29-16(17(9)36-20(14)32-21(31-19)35-4)13-11-8-30-33-12(11)7-10(18(24)25)15(13)23(26,27)28/h5-8,18H,1-4H3,(H,30,33). The second kappa shape index (κ2) is 8.51. The number of nitrogens with one attached hydrogen (secondary N) is 1. The molecule has 13 heteroatoms. The van der Waals surface area contributed by atoms with Gasteiger partial charge in [0.15, 0.2) is 5.16 Å². The first-order valence-electron chi connectivity index (χ1n) is 10.6. The maximum atomic E-state index is 14.3. The second-order valence-corrected chi connectivity index (χ2v) is 10.7. The summed E-state index contributed by atoms with van der Waals surface area (Å²) in [4.78, 5) is 13.8. The molecule has 0 saturated heterocycles. The zero-order valence-electron chi connectivity index (χ0n) is 19.3. The topological polar surface area (TPSA) is 76.6 Å². The summed E-state index contributed by atoms with van der Waals surface area (Å²) in [7, 11) is 0. The molecule has 0 spiro atoms. The van der Waals surface area contributed by atoms with Crippen molar-refractivity contribution in [3.05, 3.63) is 35.7 Å². The lowest BCUT2D eigenvalue weighted by Gasteiger charge is -2.21. The SMILES string of the molecule is CSc1nc(OC(C)(C)C)c2c(n1)sc1c(-c3c(C(F)(F)F)c(C(F)F)cc4[nH]ncc34)nccc12. The molecule has 0 fully saturated rings. The fraction of sp³-hybridized carbons (Fsp3) is 0.304. The first-order valence-corrected chi connectivity index (χ1v) is 12.6. The van der Waals surface area contributed by atoms with Crippen LogP contribution >= 0.6 is 23.1 Å². The Morgan fingerprint density at radius 2 is 1.86 bits per heavy atom. The predicted molar refractivity (Wildman–Crippen MR) is 130 cm³/mol. The first-order chi connectivity index (χ1) is 16.9. The lowest BCUT2D eigenvalue weighted by atomic mass is 9.94. The van der Waals surface area contributed by atoms with Gasteiger partial charge in [-0.25, -0.2) is 13.8 Å². The Balaban J connectivity index is 1.93. The van der Waals surface area contributed by atoms with Crippen molar-refractivity contribution >= 4 is 54.3 Å². The number of ether oxygens (including phenoxy) is 1. The van der Waals surface area contributed by atoms with Gasteiger partial charge in [0.1, 0.15) is 10.4 Å². The number of thioether (sulfide) groups is 1. The third-order valence-corrected chi connectivity index (χ3v) is 6.97. The van der Waals surface area contributed by atoms with Crippen molar-refractivity contribution in [1.82, 2.24) is 25.1 Å². The molecule has 0 aliphatic carbocycles. The van der Waals surface area contributed by atoms with Gasteiger partial charge in [-0.3, -0.25) is 10.1 Å². The lowest BCUT2D eigenvalue weighted by Crippen LogP contribution is -2.23. The minimum absolute atomic E-state index is 0.0335.